The van der Waals surface area contributed by atoms with Gasteiger partial charge >= 0.3 is 0 Å². The molecule has 0 heterocycles. The predicted octanol–water partition coefficient (Wildman–Crippen LogP) is 2.68. The third-order valence-electron chi connectivity index (χ3n) is 1.37. The van der Waals surface area contributed by atoms with Gasteiger partial charge in [-0.3, -0.25) is 5.73 Å². The Kier molecular flexibility index (Phi) is 2.30. The van der Waals surface area contributed by atoms with Gasteiger partial charge in [-0.25, -0.2) is 0 Å². The molecule has 0 aliphatic carbocycles. The minimum Gasteiger partial charge on any atom is -0.250 e. The van der Waals surface area contributed by atoms with E-state index in [1.165, 1.54) is 0 Å². The Bertz CT molecular complexity index is 203. The fourth-order valence-corrected chi connectivity index (χ4v) is 0.877. The van der Waals surface area contributed by atoms with E-state index in [2.05, 4.69) is 0 Å². The van der Waals surface area contributed by atoms with Crippen molar-refractivity contribution in [3.8, 4) is 0 Å². The summed E-state index contributed by atoms with van der Waals surface area (Å²) in [6, 6.07) is 7.21. The summed E-state index contributed by atoms with van der Waals surface area (Å²) in [6.45, 7) is 1.84. The van der Waals surface area contributed by atoms with Crippen LogP contribution >= 0.6 is 11.6 Å². The van der Waals surface area contributed by atoms with Gasteiger partial charge in [0.1, 0.15) is 0 Å². The third-order valence-corrected chi connectivity index (χ3v) is 1.62. The van der Waals surface area contributed by atoms with E-state index in [9.17, 15) is 0 Å². The molecule has 0 bridgehead atoms. The zero-order valence-electron chi connectivity index (χ0n) is 5.76. The van der Waals surface area contributed by atoms with E-state index < -0.39 is 0 Å². The van der Waals surface area contributed by atoms with E-state index >= 15 is 0 Å². The lowest BCUT2D eigenvalue weighted by Crippen LogP contribution is -1.91. The van der Waals surface area contributed by atoms with Crippen molar-refractivity contribution in [2.24, 2.45) is 0 Å². The molecule has 0 fully saturated rings. The van der Waals surface area contributed by atoms with Gasteiger partial charge in [0.05, 0.1) is 0 Å². The number of nitrogens with one attached hydrogen (secondary N) is 1. The van der Waals surface area contributed by atoms with Crippen LogP contribution in [0.5, 0.6) is 0 Å². The van der Waals surface area contributed by atoms with Crippen molar-refractivity contribution in [3.05, 3.63) is 34.9 Å². The molecule has 1 aromatic rings. The van der Waals surface area contributed by atoms with Gasteiger partial charge in [0, 0.05) is 11.1 Å². The summed E-state index contributed by atoms with van der Waals surface area (Å²) in [6.07, 6.45) is 0. The van der Waals surface area contributed by atoms with Crippen LogP contribution in [-0.4, -0.2) is 0 Å². The van der Waals surface area contributed by atoms with Gasteiger partial charge in [-0.15, -0.1) is 0 Å². The molecule has 0 unspecified atom stereocenters. The number of halogens is 1. The first-order valence-corrected chi connectivity index (χ1v) is 3.54. The Morgan fingerprint density at radius 2 is 1.80 bits per heavy atom. The van der Waals surface area contributed by atoms with Crippen molar-refractivity contribution in [3.63, 3.8) is 0 Å². The van der Waals surface area contributed by atoms with Gasteiger partial charge in [-0.2, -0.15) is 0 Å². The molecule has 1 nitrogen and oxygen atoms in total. The second kappa shape index (κ2) is 3.04. The van der Waals surface area contributed by atoms with Crippen LogP contribution in [0.2, 0.25) is 5.02 Å². The maximum absolute atomic E-state index is 7.35. The van der Waals surface area contributed by atoms with Crippen LogP contribution in [0.4, 0.5) is 0 Å². The third kappa shape index (κ3) is 1.72. The maximum atomic E-state index is 7.35. The second-order valence-corrected chi connectivity index (χ2v) is 2.71. The van der Waals surface area contributed by atoms with Crippen LogP contribution in [0.1, 0.15) is 18.5 Å². The van der Waals surface area contributed by atoms with E-state index in [1.807, 2.05) is 31.2 Å². The molecule has 1 aromatic carbocycles. The van der Waals surface area contributed by atoms with E-state index in [1.54, 1.807) is 0 Å². The molecule has 0 saturated carbocycles. The molecule has 10 heavy (non-hydrogen) atoms. The lowest BCUT2D eigenvalue weighted by atomic mass is 10.1. The molecule has 1 radical (unpaired) electrons. The Labute approximate surface area is 65.8 Å². The van der Waals surface area contributed by atoms with Crippen molar-refractivity contribution in [1.29, 1.82) is 0 Å². The Hall–Kier alpha value is -0.530. The summed E-state index contributed by atoms with van der Waals surface area (Å²) in [5.41, 5.74) is 8.35. The molecule has 0 spiro atoms. The molecule has 1 rings (SSSR count). The van der Waals surface area contributed by atoms with E-state index in [4.69, 9.17) is 17.3 Å². The van der Waals surface area contributed by atoms with Gasteiger partial charge < -0.3 is 0 Å². The molecule has 0 aliphatic heterocycles. The SMILES string of the molecule is C[C@@H]([NH])c1ccc(Cl)cc1. The molecule has 0 aromatic heterocycles. The fourth-order valence-electron chi connectivity index (χ4n) is 0.751. The van der Waals surface area contributed by atoms with E-state index in [0.717, 1.165) is 10.6 Å². The van der Waals surface area contributed by atoms with E-state index in [-0.39, 0.29) is 6.04 Å². The quantitative estimate of drug-likeness (QED) is 0.594. The molecule has 0 aliphatic rings. The average Bonchev–Trinajstić information content (AvgIpc) is 1.88. The fraction of sp³-hybridized carbons (Fsp3) is 0.250. The van der Waals surface area contributed by atoms with Gasteiger partial charge in [-0.05, 0) is 24.6 Å². The minimum absolute atomic E-state index is 0.155. The van der Waals surface area contributed by atoms with Crippen molar-refractivity contribution < 1.29 is 0 Å². The number of hydrogen-bond acceptors (Lipinski definition) is 0. The van der Waals surface area contributed by atoms with Crippen LogP contribution in [0.25, 0.3) is 0 Å². The number of benzene rings is 1. The van der Waals surface area contributed by atoms with E-state index in [0.29, 0.717) is 0 Å². The Morgan fingerprint density at radius 3 is 2.20 bits per heavy atom. The summed E-state index contributed by atoms with van der Waals surface area (Å²) in [5.74, 6) is 0. The second-order valence-electron chi connectivity index (χ2n) is 2.27. The summed E-state index contributed by atoms with van der Waals surface area (Å²) in [5, 5.41) is 0.726. The van der Waals surface area contributed by atoms with Crippen molar-refractivity contribution in [2.75, 3.05) is 0 Å². The standard InChI is InChI=1S/C8H9ClN/c1-6(10)7-2-4-8(9)5-3-7/h2-6,10H,1H3/t6-/m1/s1. The van der Waals surface area contributed by atoms with Crippen molar-refractivity contribution in [1.82, 2.24) is 5.73 Å². The molecule has 0 amide bonds. The maximum Gasteiger partial charge on any atom is 0.0434 e. The topological polar surface area (TPSA) is 23.8 Å². The van der Waals surface area contributed by atoms with Crippen molar-refractivity contribution in [2.45, 2.75) is 13.0 Å². The molecule has 1 atom stereocenters. The first-order chi connectivity index (χ1) is 4.70. The Balaban J connectivity index is 2.89. The van der Waals surface area contributed by atoms with Gasteiger partial charge in [0.15, 0.2) is 0 Å². The van der Waals surface area contributed by atoms with Crippen LogP contribution in [0.15, 0.2) is 24.3 Å². The monoisotopic (exact) mass is 154 g/mol. The molecular weight excluding hydrogens is 146 g/mol. The summed E-state index contributed by atoms with van der Waals surface area (Å²) in [4.78, 5) is 0. The Morgan fingerprint density at radius 1 is 1.30 bits per heavy atom. The first-order valence-electron chi connectivity index (χ1n) is 3.17. The summed E-state index contributed by atoms with van der Waals surface area (Å²) < 4.78 is 0. The highest BCUT2D eigenvalue weighted by Crippen LogP contribution is 2.14. The van der Waals surface area contributed by atoms with Crippen LogP contribution in [0, 0.1) is 0 Å². The van der Waals surface area contributed by atoms with Crippen molar-refractivity contribution >= 4 is 11.6 Å². The van der Waals surface area contributed by atoms with Crippen LogP contribution < -0.4 is 5.73 Å². The first kappa shape index (κ1) is 7.58. The molecule has 0 saturated heterocycles. The normalized spacial score (nSPS) is 13.1. The largest absolute Gasteiger partial charge is 0.250 e. The van der Waals surface area contributed by atoms with Gasteiger partial charge in [0.2, 0.25) is 0 Å². The summed E-state index contributed by atoms with van der Waals surface area (Å²) in [7, 11) is 0. The van der Waals surface area contributed by atoms with Gasteiger partial charge in [-0.1, -0.05) is 23.7 Å². The molecule has 2 heteroatoms. The lowest BCUT2D eigenvalue weighted by Gasteiger charge is -2.02. The highest BCUT2D eigenvalue weighted by atomic mass is 35.5. The average molecular weight is 155 g/mol. The minimum atomic E-state index is -0.155. The van der Waals surface area contributed by atoms with Crippen LogP contribution in [-0.2, 0) is 0 Å². The number of rotatable bonds is 1. The van der Waals surface area contributed by atoms with Crippen LogP contribution in [0.3, 0.4) is 0 Å². The van der Waals surface area contributed by atoms with Gasteiger partial charge in [0.25, 0.3) is 0 Å². The summed E-state index contributed by atoms with van der Waals surface area (Å²) >= 11 is 5.66. The highest BCUT2D eigenvalue weighted by Gasteiger charge is 1.97. The predicted molar refractivity (Wildman–Crippen MR) is 43.0 cm³/mol. The highest BCUT2D eigenvalue weighted by molar-refractivity contribution is 6.30. The zero-order valence-corrected chi connectivity index (χ0v) is 6.52. The zero-order chi connectivity index (χ0) is 7.56. The smallest absolute Gasteiger partial charge is 0.0434 e. The number of hydrogen-bond donors (Lipinski definition) is 0. The lowest BCUT2D eigenvalue weighted by molar-refractivity contribution is 0.788. The molecule has 1 N–H and O–H groups in total. The molecule has 53 valence electrons. The molecular formula is C8H9ClN.